The van der Waals surface area contributed by atoms with Crippen molar-refractivity contribution in [3.05, 3.63) is 34.4 Å². The molecule has 0 unspecified atom stereocenters. The first-order valence-corrected chi connectivity index (χ1v) is 7.36. The van der Waals surface area contributed by atoms with Gasteiger partial charge in [-0.05, 0) is 47.8 Å². The third-order valence-electron chi connectivity index (χ3n) is 3.63. The number of benzene rings is 1. The molecule has 1 saturated carbocycles. The van der Waals surface area contributed by atoms with Crippen LogP contribution in [0, 0.1) is 6.92 Å². The van der Waals surface area contributed by atoms with Gasteiger partial charge in [-0.2, -0.15) is 0 Å². The van der Waals surface area contributed by atoms with Crippen LogP contribution in [0.25, 0.3) is 10.9 Å². The molecule has 1 aliphatic carbocycles. The van der Waals surface area contributed by atoms with Gasteiger partial charge in [-0.15, -0.1) is 0 Å². The molecular formula is C15H17BrN2. The fourth-order valence-corrected chi connectivity index (χ4v) is 3.21. The van der Waals surface area contributed by atoms with E-state index in [0.717, 1.165) is 15.7 Å². The van der Waals surface area contributed by atoms with E-state index in [1.165, 1.54) is 36.8 Å². The van der Waals surface area contributed by atoms with Crippen LogP contribution in [0.5, 0.6) is 0 Å². The van der Waals surface area contributed by atoms with Crippen molar-refractivity contribution >= 4 is 32.5 Å². The van der Waals surface area contributed by atoms with Gasteiger partial charge in [-0.25, -0.2) is 0 Å². The van der Waals surface area contributed by atoms with Crippen LogP contribution in [0.2, 0.25) is 0 Å². The summed E-state index contributed by atoms with van der Waals surface area (Å²) in [6.45, 7) is 2.05. The van der Waals surface area contributed by atoms with Gasteiger partial charge < -0.3 is 5.32 Å². The minimum atomic E-state index is 0.633. The van der Waals surface area contributed by atoms with Gasteiger partial charge in [0.05, 0.1) is 5.52 Å². The zero-order chi connectivity index (χ0) is 12.5. The summed E-state index contributed by atoms with van der Waals surface area (Å²) in [5, 5.41) is 4.90. The number of fused-ring (bicyclic) bond motifs is 1. The molecule has 0 aliphatic heterocycles. The Hall–Kier alpha value is -1.09. The second-order valence-electron chi connectivity index (χ2n) is 5.07. The first-order valence-electron chi connectivity index (χ1n) is 6.56. The lowest BCUT2D eigenvalue weighted by molar-refractivity contribution is 0.756. The Morgan fingerprint density at radius 3 is 2.83 bits per heavy atom. The maximum absolute atomic E-state index is 4.62. The Morgan fingerprint density at radius 2 is 2.06 bits per heavy atom. The molecule has 18 heavy (non-hydrogen) atoms. The van der Waals surface area contributed by atoms with Crippen LogP contribution in [0.3, 0.4) is 0 Å². The maximum atomic E-state index is 4.62. The lowest BCUT2D eigenvalue weighted by Crippen LogP contribution is -2.15. The van der Waals surface area contributed by atoms with E-state index < -0.39 is 0 Å². The summed E-state index contributed by atoms with van der Waals surface area (Å²) in [4.78, 5) is 4.62. The molecule has 3 rings (SSSR count). The summed E-state index contributed by atoms with van der Waals surface area (Å²) in [7, 11) is 0. The highest BCUT2D eigenvalue weighted by molar-refractivity contribution is 9.10. The number of anilines is 1. The van der Waals surface area contributed by atoms with Crippen LogP contribution < -0.4 is 5.32 Å². The average Bonchev–Trinajstić information content (AvgIpc) is 2.83. The summed E-state index contributed by atoms with van der Waals surface area (Å²) >= 11 is 3.59. The van der Waals surface area contributed by atoms with E-state index in [4.69, 9.17) is 0 Å². The minimum Gasteiger partial charge on any atom is -0.382 e. The van der Waals surface area contributed by atoms with Gasteiger partial charge in [-0.3, -0.25) is 4.98 Å². The van der Waals surface area contributed by atoms with Gasteiger partial charge in [0.15, 0.2) is 0 Å². The minimum absolute atomic E-state index is 0.633. The standard InChI is InChI=1S/C15H17BrN2/c1-10-9-14(18-11-5-2-3-6-11)12-7-4-8-13(16)15(12)17-10/h4,7-9,11H,2-3,5-6H2,1H3,(H,17,18). The number of nitrogens with zero attached hydrogens (tertiary/aromatic N) is 1. The molecule has 94 valence electrons. The number of hydrogen-bond acceptors (Lipinski definition) is 2. The average molecular weight is 305 g/mol. The number of pyridine rings is 1. The van der Waals surface area contributed by atoms with Crippen molar-refractivity contribution in [3.63, 3.8) is 0 Å². The van der Waals surface area contributed by atoms with Gasteiger partial charge >= 0.3 is 0 Å². The van der Waals surface area contributed by atoms with Crippen molar-refractivity contribution in [2.75, 3.05) is 5.32 Å². The van der Waals surface area contributed by atoms with E-state index in [1.807, 2.05) is 6.07 Å². The van der Waals surface area contributed by atoms with Crippen molar-refractivity contribution in [1.29, 1.82) is 0 Å². The summed E-state index contributed by atoms with van der Waals surface area (Å²) in [6.07, 6.45) is 5.28. The summed E-state index contributed by atoms with van der Waals surface area (Å²) in [5.74, 6) is 0. The lowest BCUT2D eigenvalue weighted by atomic mass is 10.1. The van der Waals surface area contributed by atoms with E-state index >= 15 is 0 Å². The van der Waals surface area contributed by atoms with Crippen LogP contribution in [0.1, 0.15) is 31.4 Å². The normalized spacial score (nSPS) is 16.3. The number of aryl methyl sites for hydroxylation is 1. The van der Waals surface area contributed by atoms with Gasteiger partial charge in [0.25, 0.3) is 0 Å². The Balaban J connectivity index is 2.06. The third kappa shape index (κ3) is 2.24. The molecule has 0 bridgehead atoms. The molecule has 0 saturated heterocycles. The highest BCUT2D eigenvalue weighted by Gasteiger charge is 2.16. The molecule has 0 atom stereocenters. The SMILES string of the molecule is Cc1cc(NC2CCCC2)c2cccc(Br)c2n1. The van der Waals surface area contributed by atoms with E-state index in [-0.39, 0.29) is 0 Å². The molecule has 1 N–H and O–H groups in total. The molecule has 1 aromatic heterocycles. The van der Waals surface area contributed by atoms with E-state index in [9.17, 15) is 0 Å². The number of para-hydroxylation sites is 1. The molecule has 2 aromatic rings. The molecule has 1 heterocycles. The maximum Gasteiger partial charge on any atom is 0.0867 e. The fourth-order valence-electron chi connectivity index (χ4n) is 2.75. The number of halogens is 1. The van der Waals surface area contributed by atoms with Crippen LogP contribution in [-0.2, 0) is 0 Å². The van der Waals surface area contributed by atoms with Crippen molar-refractivity contribution in [2.45, 2.75) is 38.6 Å². The molecule has 1 aliphatic rings. The van der Waals surface area contributed by atoms with Crippen LogP contribution in [0.15, 0.2) is 28.7 Å². The van der Waals surface area contributed by atoms with Gasteiger partial charge in [-0.1, -0.05) is 25.0 Å². The summed E-state index contributed by atoms with van der Waals surface area (Å²) in [6, 6.07) is 9.06. The zero-order valence-corrected chi connectivity index (χ0v) is 12.1. The molecule has 1 aromatic carbocycles. The van der Waals surface area contributed by atoms with E-state index in [2.05, 4.69) is 51.4 Å². The largest absolute Gasteiger partial charge is 0.382 e. The first-order chi connectivity index (χ1) is 8.74. The number of rotatable bonds is 2. The molecular weight excluding hydrogens is 288 g/mol. The number of nitrogens with one attached hydrogen (secondary N) is 1. The highest BCUT2D eigenvalue weighted by atomic mass is 79.9. The Bertz CT molecular complexity index is 574. The second-order valence-corrected chi connectivity index (χ2v) is 5.93. The summed E-state index contributed by atoms with van der Waals surface area (Å²) in [5.41, 5.74) is 3.35. The van der Waals surface area contributed by atoms with Crippen molar-refractivity contribution in [1.82, 2.24) is 4.98 Å². The van der Waals surface area contributed by atoms with Crippen LogP contribution in [-0.4, -0.2) is 11.0 Å². The third-order valence-corrected chi connectivity index (χ3v) is 4.27. The second kappa shape index (κ2) is 4.88. The Labute approximate surface area is 116 Å². The van der Waals surface area contributed by atoms with Crippen molar-refractivity contribution in [2.24, 2.45) is 0 Å². The predicted octanol–water partition coefficient (Wildman–Crippen LogP) is 4.66. The van der Waals surface area contributed by atoms with Gasteiger partial charge in [0.1, 0.15) is 0 Å². The topological polar surface area (TPSA) is 24.9 Å². The Morgan fingerprint density at radius 1 is 1.28 bits per heavy atom. The number of aromatic nitrogens is 1. The van der Waals surface area contributed by atoms with Crippen LogP contribution >= 0.6 is 15.9 Å². The van der Waals surface area contributed by atoms with Gasteiger partial charge in [0, 0.05) is 27.3 Å². The quantitative estimate of drug-likeness (QED) is 0.873. The molecule has 1 fully saturated rings. The van der Waals surface area contributed by atoms with Crippen molar-refractivity contribution < 1.29 is 0 Å². The number of hydrogen-bond donors (Lipinski definition) is 1. The molecule has 2 nitrogen and oxygen atoms in total. The van der Waals surface area contributed by atoms with E-state index in [1.54, 1.807) is 0 Å². The highest BCUT2D eigenvalue weighted by Crippen LogP contribution is 2.31. The molecule has 0 amide bonds. The lowest BCUT2D eigenvalue weighted by Gasteiger charge is -2.16. The Kier molecular flexibility index (Phi) is 3.25. The first kappa shape index (κ1) is 12.0. The molecule has 0 radical (unpaired) electrons. The smallest absolute Gasteiger partial charge is 0.0867 e. The zero-order valence-electron chi connectivity index (χ0n) is 10.5. The molecule has 3 heteroatoms. The summed E-state index contributed by atoms with van der Waals surface area (Å²) < 4.78 is 1.07. The van der Waals surface area contributed by atoms with Gasteiger partial charge in [0.2, 0.25) is 0 Å². The molecule has 0 spiro atoms. The monoisotopic (exact) mass is 304 g/mol. The van der Waals surface area contributed by atoms with Crippen molar-refractivity contribution in [3.8, 4) is 0 Å². The van der Waals surface area contributed by atoms with E-state index in [0.29, 0.717) is 6.04 Å². The fraction of sp³-hybridized carbons (Fsp3) is 0.400. The predicted molar refractivity (Wildman–Crippen MR) is 80.1 cm³/mol. The van der Waals surface area contributed by atoms with Crippen LogP contribution in [0.4, 0.5) is 5.69 Å².